The Labute approximate surface area is 256 Å². The fourth-order valence-corrected chi connectivity index (χ4v) is 6.15. The Morgan fingerprint density at radius 1 is 0.800 bits per heavy atom. The molecule has 0 bridgehead atoms. The molecule has 226 valence electrons. The molecule has 4 aromatic carbocycles. The Hall–Kier alpha value is -5.82. The minimum Gasteiger partial charge on any atom is -0.497 e. The van der Waals surface area contributed by atoms with Crippen molar-refractivity contribution in [3.63, 3.8) is 0 Å². The highest BCUT2D eigenvalue weighted by molar-refractivity contribution is 7.93. The fraction of sp³-hybridized carbons (Fsp3) is 0.0938. The first kappa shape index (κ1) is 29.3. The lowest BCUT2D eigenvalue weighted by Crippen LogP contribution is -2.39. The number of rotatable bonds is 7. The first-order valence-corrected chi connectivity index (χ1v) is 15.0. The highest BCUT2D eigenvalue weighted by Crippen LogP contribution is 2.35. The van der Waals surface area contributed by atoms with E-state index in [9.17, 15) is 27.6 Å². The maximum atomic E-state index is 14.2. The minimum atomic E-state index is -4.76. The van der Waals surface area contributed by atoms with Gasteiger partial charge in [-0.15, -0.1) is 5.06 Å². The number of anilines is 1. The predicted molar refractivity (Wildman–Crippen MR) is 161 cm³/mol. The van der Waals surface area contributed by atoms with E-state index in [4.69, 9.17) is 14.3 Å². The molecular weight excluding hydrogens is 602 g/mol. The number of hydrogen-bond acceptors (Lipinski definition) is 10. The molecule has 13 heteroatoms. The van der Waals surface area contributed by atoms with Gasteiger partial charge in [0.15, 0.2) is 5.75 Å². The van der Waals surface area contributed by atoms with Gasteiger partial charge in [-0.05, 0) is 66.7 Å². The number of amides is 3. The van der Waals surface area contributed by atoms with E-state index < -0.39 is 38.8 Å². The molecule has 1 aliphatic rings. The normalized spacial score (nSPS) is 13.2. The molecule has 5 aromatic rings. The molecule has 0 aliphatic carbocycles. The number of hydroxylamine groups is 2. The van der Waals surface area contributed by atoms with Crippen molar-refractivity contribution in [2.45, 2.75) is 17.7 Å². The van der Waals surface area contributed by atoms with Crippen molar-refractivity contribution >= 4 is 61.4 Å². The number of imide groups is 1. The summed E-state index contributed by atoms with van der Waals surface area (Å²) in [6, 6.07) is 24.3. The third-order valence-corrected chi connectivity index (χ3v) is 8.68. The van der Waals surface area contributed by atoms with Crippen LogP contribution in [0.15, 0.2) is 102 Å². The third kappa shape index (κ3) is 5.52. The van der Waals surface area contributed by atoms with Gasteiger partial charge in [-0.1, -0.05) is 30.3 Å². The van der Waals surface area contributed by atoms with Crippen molar-refractivity contribution in [1.82, 2.24) is 10.0 Å². The van der Waals surface area contributed by atoms with E-state index in [0.717, 1.165) is 6.07 Å². The smallest absolute Gasteiger partial charge is 0.434 e. The van der Waals surface area contributed by atoms with Crippen LogP contribution in [-0.4, -0.2) is 49.5 Å². The first-order valence-electron chi connectivity index (χ1n) is 13.5. The predicted octanol–water partition coefficient (Wildman–Crippen LogP) is 5.01. The van der Waals surface area contributed by atoms with E-state index in [1.165, 1.54) is 49.6 Å². The lowest BCUT2D eigenvalue weighted by Gasteiger charge is -2.23. The number of carbonyl (C=O) groups excluding carboxylic acids is 4. The Morgan fingerprint density at radius 2 is 1.40 bits per heavy atom. The number of fused-ring (bicyclic) bond motifs is 2. The number of benzene rings is 4. The molecule has 0 atom stereocenters. The number of pyridine rings is 1. The Bertz CT molecular complexity index is 2040. The molecule has 6 rings (SSSR count). The van der Waals surface area contributed by atoms with Crippen molar-refractivity contribution in [2.75, 3.05) is 11.4 Å². The summed E-state index contributed by atoms with van der Waals surface area (Å²) in [5.41, 5.74) is 0.695. The molecule has 1 fully saturated rings. The molecule has 0 spiro atoms. The number of ether oxygens (including phenoxy) is 2. The largest absolute Gasteiger partial charge is 0.497 e. The van der Waals surface area contributed by atoms with Crippen LogP contribution in [0.3, 0.4) is 0 Å². The number of aromatic nitrogens is 1. The number of sulfonamides is 1. The Morgan fingerprint density at radius 3 is 2.00 bits per heavy atom. The van der Waals surface area contributed by atoms with Gasteiger partial charge in [-0.3, -0.25) is 9.59 Å². The van der Waals surface area contributed by atoms with E-state index in [0.29, 0.717) is 36.9 Å². The Kier molecular flexibility index (Phi) is 7.60. The van der Waals surface area contributed by atoms with Gasteiger partial charge in [-0.25, -0.2) is 23.0 Å². The quantitative estimate of drug-likeness (QED) is 0.178. The molecule has 1 saturated heterocycles. The second-order valence-electron chi connectivity index (χ2n) is 9.80. The van der Waals surface area contributed by atoms with Crippen LogP contribution in [0.4, 0.5) is 10.5 Å². The molecule has 0 radical (unpaired) electrons. The highest BCUT2D eigenvalue weighted by Gasteiger charge is 2.36. The number of methoxy groups -OCH3 is 1. The van der Waals surface area contributed by atoms with Crippen LogP contribution >= 0.6 is 0 Å². The maximum absolute atomic E-state index is 14.2. The van der Waals surface area contributed by atoms with Gasteiger partial charge >= 0.3 is 12.1 Å². The van der Waals surface area contributed by atoms with Gasteiger partial charge < -0.3 is 14.3 Å². The second-order valence-corrected chi connectivity index (χ2v) is 11.6. The second kappa shape index (κ2) is 11.7. The van der Waals surface area contributed by atoms with Gasteiger partial charge in [0.05, 0.1) is 34.3 Å². The summed E-state index contributed by atoms with van der Waals surface area (Å²) in [6.07, 6.45) is -1.48. The average Bonchev–Trinajstić information content (AvgIpc) is 3.37. The Balaban J connectivity index is 1.42. The van der Waals surface area contributed by atoms with Gasteiger partial charge in [0.2, 0.25) is 0 Å². The molecule has 3 amide bonds. The van der Waals surface area contributed by atoms with E-state index in [1.807, 2.05) is 0 Å². The van der Waals surface area contributed by atoms with Crippen LogP contribution in [0.25, 0.3) is 21.8 Å². The lowest BCUT2D eigenvalue weighted by molar-refractivity contribution is -0.172. The number of carbonyl (C=O) groups is 4. The van der Waals surface area contributed by atoms with Crippen molar-refractivity contribution in [3.05, 3.63) is 103 Å². The SMILES string of the molecule is COc1ccc(N(C(=O)Oc2c3ccccc3nc3ccccc23)S(=O)(=O)c2cccc(C(=O)ON3C(=O)CCC3=O)c2)cc1. The first-order chi connectivity index (χ1) is 21.7. The zero-order valence-electron chi connectivity index (χ0n) is 23.6. The molecule has 12 nitrogen and oxygen atoms in total. The summed E-state index contributed by atoms with van der Waals surface area (Å²) in [6.45, 7) is 0. The zero-order chi connectivity index (χ0) is 31.7. The van der Waals surface area contributed by atoms with Crippen molar-refractivity contribution in [2.24, 2.45) is 0 Å². The number of para-hydroxylation sites is 2. The van der Waals surface area contributed by atoms with Gasteiger partial charge in [0, 0.05) is 23.6 Å². The van der Waals surface area contributed by atoms with E-state index in [1.54, 1.807) is 48.5 Å². The topological polar surface area (TPSA) is 149 Å². The molecular formula is C32H23N3O9S. The summed E-state index contributed by atoms with van der Waals surface area (Å²) in [5, 5.41) is 1.31. The van der Waals surface area contributed by atoms with Gasteiger partial charge in [0.1, 0.15) is 5.75 Å². The van der Waals surface area contributed by atoms with E-state index in [-0.39, 0.29) is 29.8 Å². The molecule has 45 heavy (non-hydrogen) atoms. The molecule has 0 unspecified atom stereocenters. The van der Waals surface area contributed by atoms with E-state index in [2.05, 4.69) is 4.98 Å². The lowest BCUT2D eigenvalue weighted by atomic mass is 10.1. The third-order valence-electron chi connectivity index (χ3n) is 6.99. The van der Waals surface area contributed by atoms with Gasteiger partial charge in [0.25, 0.3) is 21.8 Å². The van der Waals surface area contributed by atoms with Crippen molar-refractivity contribution in [3.8, 4) is 11.5 Å². The zero-order valence-corrected chi connectivity index (χ0v) is 24.4. The van der Waals surface area contributed by atoms with Crippen molar-refractivity contribution < 1.29 is 41.9 Å². The van der Waals surface area contributed by atoms with Gasteiger partial charge in [-0.2, -0.15) is 4.31 Å². The number of hydrogen-bond donors (Lipinski definition) is 0. The summed E-state index contributed by atoms with van der Waals surface area (Å²) in [5.74, 6) is -2.01. The summed E-state index contributed by atoms with van der Waals surface area (Å²) in [4.78, 5) is 59.7. The van der Waals surface area contributed by atoms with Crippen LogP contribution in [-0.2, 0) is 24.4 Å². The molecule has 0 saturated carbocycles. The maximum Gasteiger partial charge on any atom is 0.434 e. The number of nitrogens with zero attached hydrogens (tertiary/aromatic N) is 3. The van der Waals surface area contributed by atoms with Crippen LogP contribution in [0.5, 0.6) is 11.5 Å². The monoisotopic (exact) mass is 625 g/mol. The molecule has 1 aromatic heterocycles. The molecule has 0 N–H and O–H groups in total. The van der Waals surface area contributed by atoms with Crippen LogP contribution < -0.4 is 13.8 Å². The van der Waals surface area contributed by atoms with E-state index >= 15 is 0 Å². The molecule has 1 aliphatic heterocycles. The molecule has 2 heterocycles. The van der Waals surface area contributed by atoms with Crippen LogP contribution in [0, 0.1) is 0 Å². The highest BCUT2D eigenvalue weighted by atomic mass is 32.2. The summed E-state index contributed by atoms with van der Waals surface area (Å²) >= 11 is 0. The minimum absolute atomic E-state index is 0.0790. The summed E-state index contributed by atoms with van der Waals surface area (Å²) < 4.78 is 39.9. The van der Waals surface area contributed by atoms with Crippen molar-refractivity contribution in [1.29, 1.82) is 0 Å². The average molecular weight is 626 g/mol. The van der Waals surface area contributed by atoms with Crippen LogP contribution in [0.1, 0.15) is 23.2 Å². The fourth-order valence-electron chi connectivity index (χ4n) is 4.78. The standard InChI is InChI=1S/C32H23N3O9S/c1-42-22-15-13-21(14-16-22)35(32(39)43-30-24-9-2-4-11-26(24)33-27-12-5-3-10-25(27)30)45(40,41)23-8-6-7-20(19-23)31(38)44-34-28(36)17-18-29(34)37/h2-16,19H,17-18H2,1H3. The summed E-state index contributed by atoms with van der Waals surface area (Å²) in [7, 11) is -3.32. The van der Waals surface area contributed by atoms with Crippen LogP contribution in [0.2, 0.25) is 0 Å².